The fourth-order valence-corrected chi connectivity index (χ4v) is 5.64. The zero-order chi connectivity index (χ0) is 23.0. The Kier molecular flexibility index (Phi) is 5.51. The standard InChI is InChI=1S/C22H21FN6O3S/c23-17-8-4-5-9-18(17)33(31,32)28-12-10-16(11-13-28)20-24-21-19(22(30)25-20)26-27-29(21)14-15-6-2-1-3-7-15/h1-9,16H,10-14H2,(H,24,25,30). The Morgan fingerprint density at radius 3 is 2.45 bits per heavy atom. The zero-order valence-electron chi connectivity index (χ0n) is 17.6. The quantitative estimate of drug-likeness (QED) is 0.481. The Morgan fingerprint density at radius 2 is 1.73 bits per heavy atom. The number of nitrogens with one attached hydrogen (secondary N) is 1. The second-order valence-electron chi connectivity index (χ2n) is 7.96. The second-order valence-corrected chi connectivity index (χ2v) is 9.87. The monoisotopic (exact) mass is 468 g/mol. The van der Waals surface area contributed by atoms with E-state index >= 15 is 0 Å². The Morgan fingerprint density at radius 1 is 1.03 bits per heavy atom. The van der Waals surface area contributed by atoms with E-state index in [0.29, 0.717) is 30.9 Å². The van der Waals surface area contributed by atoms with Gasteiger partial charge in [0.1, 0.15) is 16.5 Å². The molecule has 0 spiro atoms. The number of piperidine rings is 1. The first kappa shape index (κ1) is 21.4. The molecule has 9 nitrogen and oxygen atoms in total. The number of hydrogen-bond acceptors (Lipinski definition) is 6. The Balaban J connectivity index is 1.38. The van der Waals surface area contributed by atoms with Gasteiger partial charge in [-0.25, -0.2) is 22.5 Å². The lowest BCUT2D eigenvalue weighted by Gasteiger charge is -2.30. The van der Waals surface area contributed by atoms with Gasteiger partial charge in [-0.2, -0.15) is 4.31 Å². The van der Waals surface area contributed by atoms with Crippen LogP contribution in [0.4, 0.5) is 4.39 Å². The van der Waals surface area contributed by atoms with Crippen molar-refractivity contribution in [2.45, 2.75) is 30.2 Å². The van der Waals surface area contributed by atoms with E-state index in [9.17, 15) is 17.6 Å². The Bertz CT molecular complexity index is 1460. The number of rotatable bonds is 5. The van der Waals surface area contributed by atoms with E-state index in [2.05, 4.69) is 20.3 Å². The average Bonchev–Trinajstić information content (AvgIpc) is 3.23. The minimum Gasteiger partial charge on any atom is -0.308 e. The van der Waals surface area contributed by atoms with Crippen molar-refractivity contribution in [2.24, 2.45) is 0 Å². The van der Waals surface area contributed by atoms with E-state index in [1.165, 1.54) is 22.5 Å². The van der Waals surface area contributed by atoms with Gasteiger partial charge >= 0.3 is 0 Å². The summed E-state index contributed by atoms with van der Waals surface area (Å²) in [4.78, 5) is 19.7. The molecule has 0 atom stereocenters. The molecule has 0 bridgehead atoms. The van der Waals surface area contributed by atoms with Crippen LogP contribution in [0.3, 0.4) is 0 Å². The molecule has 5 rings (SSSR count). The summed E-state index contributed by atoms with van der Waals surface area (Å²) in [7, 11) is -3.93. The van der Waals surface area contributed by atoms with Crippen LogP contribution in [0.2, 0.25) is 0 Å². The van der Waals surface area contributed by atoms with Gasteiger partial charge in [0, 0.05) is 19.0 Å². The summed E-state index contributed by atoms with van der Waals surface area (Å²) in [5, 5.41) is 8.06. The number of nitrogens with zero attached hydrogens (tertiary/aromatic N) is 5. The third-order valence-electron chi connectivity index (χ3n) is 5.86. The fraction of sp³-hybridized carbons (Fsp3) is 0.273. The van der Waals surface area contributed by atoms with Gasteiger partial charge in [0.05, 0.1) is 6.54 Å². The molecule has 1 aliphatic rings. The van der Waals surface area contributed by atoms with Gasteiger partial charge in [-0.1, -0.05) is 47.7 Å². The fourth-order valence-electron chi connectivity index (χ4n) is 4.10. The minimum atomic E-state index is -3.93. The van der Waals surface area contributed by atoms with Crippen molar-refractivity contribution in [1.29, 1.82) is 0 Å². The maximum atomic E-state index is 14.1. The molecular formula is C22H21FN6O3S. The van der Waals surface area contributed by atoms with Crippen molar-refractivity contribution in [3.05, 3.63) is 82.2 Å². The molecule has 1 aliphatic heterocycles. The first-order valence-corrected chi connectivity index (χ1v) is 12.0. The lowest BCUT2D eigenvalue weighted by Crippen LogP contribution is -2.38. The molecule has 0 unspecified atom stereocenters. The van der Waals surface area contributed by atoms with Crippen LogP contribution in [0.15, 0.2) is 64.3 Å². The van der Waals surface area contributed by atoms with Crippen molar-refractivity contribution in [3.8, 4) is 0 Å². The van der Waals surface area contributed by atoms with Crippen LogP contribution in [-0.2, 0) is 16.6 Å². The highest BCUT2D eigenvalue weighted by Gasteiger charge is 2.32. The van der Waals surface area contributed by atoms with Crippen LogP contribution in [0.25, 0.3) is 11.2 Å². The SMILES string of the molecule is O=c1[nH]c(C2CCN(S(=O)(=O)c3ccccc3F)CC2)nc2c1nnn2Cc1ccccc1. The molecule has 0 aliphatic carbocycles. The highest BCUT2D eigenvalue weighted by molar-refractivity contribution is 7.89. The minimum absolute atomic E-state index is 0.144. The summed E-state index contributed by atoms with van der Waals surface area (Å²) in [6.07, 6.45) is 0.894. The summed E-state index contributed by atoms with van der Waals surface area (Å²) < 4.78 is 42.6. The zero-order valence-corrected chi connectivity index (χ0v) is 18.4. The molecule has 1 N–H and O–H groups in total. The number of benzene rings is 2. The maximum Gasteiger partial charge on any atom is 0.281 e. The number of fused-ring (bicyclic) bond motifs is 1. The van der Waals surface area contributed by atoms with Gasteiger partial charge < -0.3 is 4.98 Å². The number of hydrogen-bond donors (Lipinski definition) is 1. The van der Waals surface area contributed by atoms with Gasteiger partial charge in [0.25, 0.3) is 5.56 Å². The maximum absolute atomic E-state index is 14.1. The third-order valence-corrected chi connectivity index (χ3v) is 7.79. The highest BCUT2D eigenvalue weighted by Crippen LogP contribution is 2.29. The molecular weight excluding hydrogens is 447 g/mol. The number of halogens is 1. The first-order chi connectivity index (χ1) is 15.9. The predicted molar refractivity (Wildman–Crippen MR) is 119 cm³/mol. The predicted octanol–water partition coefficient (Wildman–Crippen LogP) is 2.27. The molecule has 0 radical (unpaired) electrons. The molecule has 2 aromatic carbocycles. The molecule has 2 aromatic heterocycles. The average molecular weight is 469 g/mol. The van der Waals surface area contributed by atoms with Crippen molar-refractivity contribution in [3.63, 3.8) is 0 Å². The number of aromatic nitrogens is 5. The molecule has 0 saturated carbocycles. The van der Waals surface area contributed by atoms with Crippen LogP contribution < -0.4 is 5.56 Å². The molecule has 1 fully saturated rings. The van der Waals surface area contributed by atoms with E-state index in [4.69, 9.17) is 0 Å². The van der Waals surface area contributed by atoms with Crippen molar-refractivity contribution in [1.82, 2.24) is 29.3 Å². The lowest BCUT2D eigenvalue weighted by atomic mass is 9.97. The van der Waals surface area contributed by atoms with Gasteiger partial charge in [-0.15, -0.1) is 5.10 Å². The van der Waals surface area contributed by atoms with Crippen LogP contribution in [-0.4, -0.2) is 50.8 Å². The van der Waals surface area contributed by atoms with Gasteiger partial charge in [0.2, 0.25) is 10.0 Å². The number of sulfonamides is 1. The first-order valence-electron chi connectivity index (χ1n) is 10.6. The van der Waals surface area contributed by atoms with Crippen molar-refractivity contribution < 1.29 is 12.8 Å². The highest BCUT2D eigenvalue weighted by atomic mass is 32.2. The Hall–Kier alpha value is -3.44. The van der Waals surface area contributed by atoms with E-state index in [0.717, 1.165) is 11.6 Å². The van der Waals surface area contributed by atoms with Crippen LogP contribution in [0, 0.1) is 5.82 Å². The van der Waals surface area contributed by atoms with E-state index < -0.39 is 15.8 Å². The van der Waals surface area contributed by atoms with Crippen LogP contribution in [0.1, 0.15) is 30.1 Å². The Labute approximate surface area is 188 Å². The van der Waals surface area contributed by atoms with Gasteiger partial charge in [-0.05, 0) is 30.5 Å². The summed E-state index contributed by atoms with van der Waals surface area (Å²) in [6.45, 7) is 0.821. The van der Waals surface area contributed by atoms with Gasteiger partial charge in [0.15, 0.2) is 11.2 Å². The smallest absolute Gasteiger partial charge is 0.281 e. The molecule has 1 saturated heterocycles. The topological polar surface area (TPSA) is 114 Å². The molecule has 33 heavy (non-hydrogen) atoms. The lowest BCUT2D eigenvalue weighted by molar-refractivity contribution is 0.312. The van der Waals surface area contributed by atoms with Gasteiger partial charge in [-0.3, -0.25) is 4.79 Å². The third kappa shape index (κ3) is 4.05. The van der Waals surface area contributed by atoms with E-state index in [-0.39, 0.29) is 35.0 Å². The van der Waals surface area contributed by atoms with E-state index in [1.807, 2.05) is 30.3 Å². The summed E-state index contributed by atoms with van der Waals surface area (Å²) in [5.41, 5.74) is 1.17. The summed E-state index contributed by atoms with van der Waals surface area (Å²) in [6, 6.07) is 15.0. The van der Waals surface area contributed by atoms with Crippen molar-refractivity contribution >= 4 is 21.2 Å². The molecule has 170 valence electrons. The van der Waals surface area contributed by atoms with Crippen molar-refractivity contribution in [2.75, 3.05) is 13.1 Å². The largest absolute Gasteiger partial charge is 0.308 e. The normalized spacial score (nSPS) is 15.8. The number of aromatic amines is 1. The van der Waals surface area contributed by atoms with Crippen LogP contribution in [0.5, 0.6) is 0 Å². The second kappa shape index (κ2) is 8.49. The van der Waals surface area contributed by atoms with E-state index in [1.54, 1.807) is 4.68 Å². The summed E-state index contributed by atoms with van der Waals surface area (Å²) in [5.74, 6) is -0.434. The molecule has 0 amide bonds. The molecule has 3 heterocycles. The number of H-pyrrole nitrogens is 1. The molecule has 4 aromatic rings. The summed E-state index contributed by atoms with van der Waals surface area (Å²) >= 11 is 0. The molecule has 11 heteroatoms. The van der Waals surface area contributed by atoms with Crippen LogP contribution >= 0.6 is 0 Å².